The van der Waals surface area contributed by atoms with Crippen molar-refractivity contribution in [2.45, 2.75) is 33.7 Å². The molecule has 0 aromatic carbocycles. The Morgan fingerprint density at radius 3 is 3.00 bits per heavy atom. The van der Waals surface area contributed by atoms with Crippen molar-refractivity contribution in [3.05, 3.63) is 12.4 Å². The molecule has 0 saturated carbocycles. The maximum Gasteiger partial charge on any atom is 0.202 e. The van der Waals surface area contributed by atoms with Gasteiger partial charge in [-0.2, -0.15) is 0 Å². The SMILES string of the molecule is CCCNc1nccn1CCOCC(C)C. The van der Waals surface area contributed by atoms with E-state index in [4.69, 9.17) is 4.74 Å². The number of aromatic nitrogens is 2. The summed E-state index contributed by atoms with van der Waals surface area (Å²) in [7, 11) is 0. The van der Waals surface area contributed by atoms with E-state index in [2.05, 4.69) is 35.6 Å². The van der Waals surface area contributed by atoms with Gasteiger partial charge in [-0.3, -0.25) is 0 Å². The average molecular weight is 225 g/mol. The maximum absolute atomic E-state index is 5.55. The molecule has 1 N–H and O–H groups in total. The summed E-state index contributed by atoms with van der Waals surface area (Å²) in [5.74, 6) is 1.54. The van der Waals surface area contributed by atoms with Crippen LogP contribution in [0.5, 0.6) is 0 Å². The second kappa shape index (κ2) is 7.28. The molecule has 1 heterocycles. The largest absolute Gasteiger partial charge is 0.379 e. The molecule has 4 nitrogen and oxygen atoms in total. The predicted molar refractivity (Wildman–Crippen MR) is 66.7 cm³/mol. The molecule has 1 aromatic rings. The van der Waals surface area contributed by atoms with Crippen molar-refractivity contribution >= 4 is 5.95 Å². The van der Waals surface area contributed by atoms with Crippen LogP contribution in [0.25, 0.3) is 0 Å². The summed E-state index contributed by atoms with van der Waals surface area (Å²) >= 11 is 0. The van der Waals surface area contributed by atoms with E-state index in [1.807, 2.05) is 12.4 Å². The van der Waals surface area contributed by atoms with Crippen molar-refractivity contribution in [1.82, 2.24) is 9.55 Å². The van der Waals surface area contributed by atoms with Gasteiger partial charge < -0.3 is 14.6 Å². The number of hydrogen-bond donors (Lipinski definition) is 1. The molecule has 0 aliphatic heterocycles. The number of hydrogen-bond acceptors (Lipinski definition) is 3. The van der Waals surface area contributed by atoms with Crippen molar-refractivity contribution in [1.29, 1.82) is 0 Å². The van der Waals surface area contributed by atoms with Crippen molar-refractivity contribution in [3.63, 3.8) is 0 Å². The first kappa shape index (κ1) is 13.0. The topological polar surface area (TPSA) is 39.1 Å². The molecule has 0 amide bonds. The average Bonchev–Trinajstić information content (AvgIpc) is 2.69. The number of nitrogens with zero attached hydrogens (tertiary/aromatic N) is 2. The van der Waals surface area contributed by atoms with E-state index in [1.54, 1.807) is 0 Å². The van der Waals surface area contributed by atoms with Crippen LogP contribution in [0.3, 0.4) is 0 Å². The van der Waals surface area contributed by atoms with Crippen molar-refractivity contribution in [2.24, 2.45) is 5.92 Å². The molecular weight excluding hydrogens is 202 g/mol. The lowest BCUT2D eigenvalue weighted by atomic mass is 10.2. The molecule has 0 aliphatic carbocycles. The van der Waals surface area contributed by atoms with Crippen LogP contribution in [0.1, 0.15) is 27.2 Å². The summed E-state index contributed by atoms with van der Waals surface area (Å²) in [5.41, 5.74) is 0. The summed E-state index contributed by atoms with van der Waals surface area (Å²) in [6.45, 7) is 9.85. The second-order valence-corrected chi connectivity index (χ2v) is 4.34. The zero-order chi connectivity index (χ0) is 11.8. The van der Waals surface area contributed by atoms with Crippen LogP contribution in [0.2, 0.25) is 0 Å². The number of ether oxygens (including phenoxy) is 1. The minimum atomic E-state index is 0.598. The highest BCUT2D eigenvalue weighted by Crippen LogP contribution is 2.04. The molecule has 0 aliphatic rings. The number of anilines is 1. The third kappa shape index (κ3) is 4.66. The highest BCUT2D eigenvalue weighted by Gasteiger charge is 2.01. The molecule has 92 valence electrons. The van der Waals surface area contributed by atoms with E-state index in [0.717, 1.165) is 38.7 Å². The van der Waals surface area contributed by atoms with E-state index in [1.165, 1.54) is 0 Å². The molecule has 1 aromatic heterocycles. The highest BCUT2D eigenvalue weighted by molar-refractivity contribution is 5.25. The lowest BCUT2D eigenvalue weighted by molar-refractivity contribution is 0.103. The second-order valence-electron chi connectivity index (χ2n) is 4.34. The van der Waals surface area contributed by atoms with Crippen molar-refractivity contribution < 1.29 is 4.74 Å². The fourth-order valence-corrected chi connectivity index (χ4v) is 1.38. The third-order valence-corrected chi connectivity index (χ3v) is 2.18. The van der Waals surface area contributed by atoms with E-state index >= 15 is 0 Å². The third-order valence-electron chi connectivity index (χ3n) is 2.18. The van der Waals surface area contributed by atoms with Gasteiger partial charge in [0.25, 0.3) is 0 Å². The number of imidazole rings is 1. The van der Waals surface area contributed by atoms with Crippen LogP contribution in [-0.2, 0) is 11.3 Å². The van der Waals surface area contributed by atoms with Crippen LogP contribution in [0.4, 0.5) is 5.95 Å². The predicted octanol–water partition coefficient (Wildman–Crippen LogP) is 2.38. The molecule has 0 unspecified atom stereocenters. The molecule has 4 heteroatoms. The van der Waals surface area contributed by atoms with Crippen molar-refractivity contribution in [3.8, 4) is 0 Å². The van der Waals surface area contributed by atoms with Gasteiger partial charge in [-0.25, -0.2) is 4.98 Å². The Morgan fingerprint density at radius 2 is 2.31 bits per heavy atom. The zero-order valence-electron chi connectivity index (χ0n) is 10.6. The van der Waals surface area contributed by atoms with Crippen LogP contribution < -0.4 is 5.32 Å². The van der Waals surface area contributed by atoms with E-state index in [-0.39, 0.29) is 0 Å². The fourth-order valence-electron chi connectivity index (χ4n) is 1.38. The van der Waals surface area contributed by atoms with Gasteiger partial charge in [-0.15, -0.1) is 0 Å². The molecule has 1 rings (SSSR count). The molecular formula is C12H23N3O. The van der Waals surface area contributed by atoms with Crippen LogP contribution in [0, 0.1) is 5.92 Å². The molecule has 0 saturated heterocycles. The molecule has 0 radical (unpaired) electrons. The quantitative estimate of drug-likeness (QED) is 0.690. The Morgan fingerprint density at radius 1 is 1.50 bits per heavy atom. The van der Waals surface area contributed by atoms with Crippen LogP contribution >= 0.6 is 0 Å². The lowest BCUT2D eigenvalue weighted by Crippen LogP contribution is -2.12. The Kier molecular flexibility index (Phi) is 5.93. The van der Waals surface area contributed by atoms with Crippen molar-refractivity contribution in [2.75, 3.05) is 25.1 Å². The molecule has 0 atom stereocenters. The standard InChI is InChI=1S/C12H23N3O/c1-4-5-13-12-14-6-7-15(12)8-9-16-10-11(2)3/h6-7,11H,4-5,8-10H2,1-3H3,(H,13,14). The first-order valence-corrected chi connectivity index (χ1v) is 6.06. The molecule has 16 heavy (non-hydrogen) atoms. The molecule has 0 fully saturated rings. The Bertz CT molecular complexity index is 284. The summed E-state index contributed by atoms with van der Waals surface area (Å²) in [6, 6.07) is 0. The van der Waals surface area contributed by atoms with Gasteiger partial charge in [0.1, 0.15) is 0 Å². The lowest BCUT2D eigenvalue weighted by Gasteiger charge is -2.10. The number of rotatable bonds is 8. The van der Waals surface area contributed by atoms with E-state index in [0.29, 0.717) is 5.92 Å². The minimum Gasteiger partial charge on any atom is -0.379 e. The van der Waals surface area contributed by atoms with Gasteiger partial charge in [0.2, 0.25) is 5.95 Å². The maximum atomic E-state index is 5.55. The van der Waals surface area contributed by atoms with Gasteiger partial charge in [0.05, 0.1) is 6.61 Å². The Labute approximate surface area is 98.0 Å². The first-order valence-electron chi connectivity index (χ1n) is 6.06. The summed E-state index contributed by atoms with van der Waals surface area (Å²) in [6.07, 6.45) is 4.91. The van der Waals surface area contributed by atoms with Gasteiger partial charge in [0, 0.05) is 32.1 Å². The van der Waals surface area contributed by atoms with Crippen LogP contribution in [0.15, 0.2) is 12.4 Å². The van der Waals surface area contributed by atoms with E-state index in [9.17, 15) is 0 Å². The van der Waals surface area contributed by atoms with Gasteiger partial charge in [0.15, 0.2) is 0 Å². The van der Waals surface area contributed by atoms with Crippen LogP contribution in [-0.4, -0.2) is 29.3 Å². The molecule has 0 spiro atoms. The smallest absolute Gasteiger partial charge is 0.202 e. The molecule has 0 bridgehead atoms. The monoisotopic (exact) mass is 225 g/mol. The van der Waals surface area contributed by atoms with Gasteiger partial charge in [-0.05, 0) is 12.3 Å². The number of nitrogens with one attached hydrogen (secondary N) is 1. The highest BCUT2D eigenvalue weighted by atomic mass is 16.5. The summed E-state index contributed by atoms with van der Waals surface area (Å²) in [4.78, 5) is 4.26. The van der Waals surface area contributed by atoms with E-state index < -0.39 is 0 Å². The normalized spacial score (nSPS) is 11.0. The Hall–Kier alpha value is -1.03. The van der Waals surface area contributed by atoms with Gasteiger partial charge >= 0.3 is 0 Å². The first-order chi connectivity index (χ1) is 7.74. The fraction of sp³-hybridized carbons (Fsp3) is 0.750. The van der Waals surface area contributed by atoms with Gasteiger partial charge in [-0.1, -0.05) is 20.8 Å². The summed E-state index contributed by atoms with van der Waals surface area (Å²) in [5, 5.41) is 3.29. The zero-order valence-corrected chi connectivity index (χ0v) is 10.6. The summed E-state index contributed by atoms with van der Waals surface area (Å²) < 4.78 is 7.64. The Balaban J connectivity index is 2.27. The minimum absolute atomic E-state index is 0.598.